The lowest BCUT2D eigenvalue weighted by Crippen LogP contribution is -2.30. The summed E-state index contributed by atoms with van der Waals surface area (Å²) in [5, 5.41) is 2.92. The predicted molar refractivity (Wildman–Crippen MR) is 74.2 cm³/mol. The van der Waals surface area contributed by atoms with E-state index in [9.17, 15) is 9.59 Å². The van der Waals surface area contributed by atoms with Crippen LogP contribution in [-0.4, -0.2) is 24.8 Å². The highest BCUT2D eigenvalue weighted by Crippen LogP contribution is 2.22. The van der Waals surface area contributed by atoms with E-state index in [2.05, 4.69) is 21.2 Å². The van der Waals surface area contributed by atoms with E-state index in [0.29, 0.717) is 13.0 Å². The largest absolute Gasteiger partial charge is 0.369 e. The van der Waals surface area contributed by atoms with Crippen molar-refractivity contribution in [2.75, 3.05) is 13.1 Å². The highest BCUT2D eigenvalue weighted by molar-refractivity contribution is 9.10. The lowest BCUT2D eigenvalue weighted by atomic mass is 9.92. The SMILES string of the molecule is CC(=O)C(CCNCC(N)=O)c1ccc(Br)cc1. The molecule has 18 heavy (non-hydrogen) atoms. The van der Waals surface area contributed by atoms with E-state index in [1.54, 1.807) is 6.92 Å². The van der Waals surface area contributed by atoms with Crippen LogP contribution in [0.15, 0.2) is 28.7 Å². The normalized spacial score (nSPS) is 12.1. The van der Waals surface area contributed by atoms with Gasteiger partial charge in [0.2, 0.25) is 5.91 Å². The molecule has 98 valence electrons. The second-order valence-corrected chi connectivity index (χ2v) is 5.06. The van der Waals surface area contributed by atoms with Crippen LogP contribution in [-0.2, 0) is 9.59 Å². The number of nitrogens with one attached hydrogen (secondary N) is 1. The summed E-state index contributed by atoms with van der Waals surface area (Å²) in [5.41, 5.74) is 6.02. The van der Waals surface area contributed by atoms with Crippen LogP contribution in [0.3, 0.4) is 0 Å². The minimum absolute atomic E-state index is 0.123. The standard InChI is InChI=1S/C13H17BrN2O2/c1-9(17)12(6-7-16-8-13(15)18)10-2-4-11(14)5-3-10/h2-5,12,16H,6-8H2,1H3,(H2,15,18). The number of halogens is 1. The van der Waals surface area contributed by atoms with Gasteiger partial charge in [0.05, 0.1) is 6.54 Å². The van der Waals surface area contributed by atoms with Gasteiger partial charge in [-0.15, -0.1) is 0 Å². The van der Waals surface area contributed by atoms with Crippen LogP contribution in [0.5, 0.6) is 0 Å². The van der Waals surface area contributed by atoms with E-state index in [4.69, 9.17) is 5.73 Å². The summed E-state index contributed by atoms with van der Waals surface area (Å²) in [5.74, 6) is -0.408. The summed E-state index contributed by atoms with van der Waals surface area (Å²) >= 11 is 3.36. The van der Waals surface area contributed by atoms with Crippen molar-refractivity contribution in [3.63, 3.8) is 0 Å². The molecule has 0 aliphatic carbocycles. The molecule has 0 aromatic heterocycles. The number of ketones is 1. The first-order valence-corrected chi connectivity index (χ1v) is 6.55. The number of rotatable bonds is 7. The Morgan fingerprint density at radius 1 is 1.33 bits per heavy atom. The van der Waals surface area contributed by atoms with Gasteiger partial charge in [-0.25, -0.2) is 0 Å². The Morgan fingerprint density at radius 2 is 1.94 bits per heavy atom. The molecular weight excluding hydrogens is 296 g/mol. The third-order valence-electron chi connectivity index (χ3n) is 2.67. The number of carbonyl (C=O) groups excluding carboxylic acids is 2. The minimum Gasteiger partial charge on any atom is -0.369 e. The van der Waals surface area contributed by atoms with Crippen LogP contribution < -0.4 is 11.1 Å². The van der Waals surface area contributed by atoms with Gasteiger partial charge in [-0.05, 0) is 37.6 Å². The number of carbonyl (C=O) groups is 2. The fraction of sp³-hybridized carbons (Fsp3) is 0.385. The first-order chi connectivity index (χ1) is 8.50. The zero-order valence-corrected chi connectivity index (χ0v) is 11.9. The first-order valence-electron chi connectivity index (χ1n) is 5.75. The average molecular weight is 313 g/mol. The molecule has 1 unspecified atom stereocenters. The maximum atomic E-state index is 11.6. The summed E-state index contributed by atoms with van der Waals surface area (Å²) < 4.78 is 0.986. The summed E-state index contributed by atoms with van der Waals surface area (Å²) in [7, 11) is 0. The number of Topliss-reactive ketones (excluding diaryl/α,β-unsaturated/α-hetero) is 1. The molecule has 1 aromatic carbocycles. The molecule has 0 fully saturated rings. The average Bonchev–Trinajstić information content (AvgIpc) is 2.30. The number of amides is 1. The van der Waals surface area contributed by atoms with Gasteiger partial charge in [-0.3, -0.25) is 9.59 Å². The molecule has 0 saturated heterocycles. The summed E-state index contributed by atoms with van der Waals surface area (Å²) in [6.07, 6.45) is 0.657. The summed E-state index contributed by atoms with van der Waals surface area (Å²) in [6, 6.07) is 7.71. The Morgan fingerprint density at radius 3 is 2.44 bits per heavy atom. The van der Waals surface area contributed by atoms with E-state index >= 15 is 0 Å². The minimum atomic E-state index is -0.391. The molecule has 1 rings (SSSR count). The van der Waals surface area contributed by atoms with E-state index in [1.807, 2.05) is 24.3 Å². The number of hydrogen-bond acceptors (Lipinski definition) is 3. The molecule has 0 saturated carbocycles. The van der Waals surface area contributed by atoms with Gasteiger partial charge in [0.1, 0.15) is 5.78 Å². The smallest absolute Gasteiger partial charge is 0.231 e. The molecular formula is C13H17BrN2O2. The van der Waals surface area contributed by atoms with Gasteiger partial charge in [0.15, 0.2) is 0 Å². The number of benzene rings is 1. The van der Waals surface area contributed by atoms with E-state index in [0.717, 1.165) is 10.0 Å². The Balaban J connectivity index is 2.57. The Hall–Kier alpha value is -1.20. The molecule has 0 aliphatic rings. The van der Waals surface area contributed by atoms with E-state index < -0.39 is 5.91 Å². The van der Waals surface area contributed by atoms with E-state index in [-0.39, 0.29) is 18.2 Å². The van der Waals surface area contributed by atoms with Gasteiger partial charge in [-0.1, -0.05) is 28.1 Å². The van der Waals surface area contributed by atoms with Gasteiger partial charge in [0, 0.05) is 10.4 Å². The number of primary amides is 1. The van der Waals surface area contributed by atoms with Crippen molar-refractivity contribution in [1.29, 1.82) is 0 Å². The monoisotopic (exact) mass is 312 g/mol. The topological polar surface area (TPSA) is 72.2 Å². The first kappa shape index (κ1) is 14.9. The Kier molecular flexibility index (Phi) is 6.01. The third kappa shape index (κ3) is 4.98. The predicted octanol–water partition coefficient (Wildman–Crippen LogP) is 1.59. The molecule has 1 aromatic rings. The molecule has 1 amide bonds. The van der Waals surface area contributed by atoms with Crippen LogP contribution in [0, 0.1) is 0 Å². The van der Waals surface area contributed by atoms with Crippen LogP contribution in [0.2, 0.25) is 0 Å². The van der Waals surface area contributed by atoms with Gasteiger partial charge >= 0.3 is 0 Å². The Bertz CT molecular complexity index is 418. The molecule has 0 radical (unpaired) electrons. The number of hydrogen-bond donors (Lipinski definition) is 2. The third-order valence-corrected chi connectivity index (χ3v) is 3.20. The highest BCUT2D eigenvalue weighted by atomic mass is 79.9. The van der Waals surface area contributed by atoms with Crippen molar-refractivity contribution >= 4 is 27.6 Å². The Labute approximate surface area is 115 Å². The maximum Gasteiger partial charge on any atom is 0.231 e. The summed E-state index contributed by atoms with van der Waals surface area (Å²) in [4.78, 5) is 22.2. The van der Waals surface area contributed by atoms with Crippen LogP contribution in [0.25, 0.3) is 0 Å². The molecule has 0 heterocycles. The van der Waals surface area contributed by atoms with Crippen molar-refractivity contribution < 1.29 is 9.59 Å². The molecule has 0 aliphatic heterocycles. The van der Waals surface area contributed by atoms with Gasteiger partial charge in [-0.2, -0.15) is 0 Å². The lowest BCUT2D eigenvalue weighted by molar-refractivity contribution is -0.118. The van der Waals surface area contributed by atoms with Crippen LogP contribution in [0.1, 0.15) is 24.8 Å². The molecule has 0 spiro atoms. The van der Waals surface area contributed by atoms with Crippen LogP contribution in [0.4, 0.5) is 0 Å². The van der Waals surface area contributed by atoms with Crippen molar-refractivity contribution in [3.8, 4) is 0 Å². The zero-order valence-electron chi connectivity index (χ0n) is 10.3. The molecule has 1 atom stereocenters. The van der Waals surface area contributed by atoms with Crippen molar-refractivity contribution in [2.45, 2.75) is 19.3 Å². The van der Waals surface area contributed by atoms with Crippen LogP contribution >= 0.6 is 15.9 Å². The van der Waals surface area contributed by atoms with Gasteiger partial charge in [0.25, 0.3) is 0 Å². The second kappa shape index (κ2) is 7.28. The van der Waals surface area contributed by atoms with Gasteiger partial charge < -0.3 is 11.1 Å². The number of nitrogens with two attached hydrogens (primary N) is 1. The molecule has 3 N–H and O–H groups in total. The fourth-order valence-electron chi connectivity index (χ4n) is 1.76. The molecule has 5 heteroatoms. The zero-order chi connectivity index (χ0) is 13.5. The van der Waals surface area contributed by atoms with E-state index in [1.165, 1.54) is 0 Å². The lowest BCUT2D eigenvalue weighted by Gasteiger charge is -2.14. The fourth-order valence-corrected chi connectivity index (χ4v) is 2.02. The maximum absolute atomic E-state index is 11.6. The summed E-state index contributed by atoms with van der Waals surface area (Å²) in [6.45, 7) is 2.31. The van der Waals surface area contributed by atoms with Crippen molar-refractivity contribution in [2.24, 2.45) is 5.73 Å². The quantitative estimate of drug-likeness (QED) is 0.751. The molecule has 4 nitrogen and oxygen atoms in total. The van der Waals surface area contributed by atoms with Crippen molar-refractivity contribution in [3.05, 3.63) is 34.3 Å². The van der Waals surface area contributed by atoms with Crippen molar-refractivity contribution in [1.82, 2.24) is 5.32 Å². The second-order valence-electron chi connectivity index (χ2n) is 4.15. The highest BCUT2D eigenvalue weighted by Gasteiger charge is 2.16. The molecule has 0 bridgehead atoms.